The highest BCUT2D eigenvalue weighted by Crippen LogP contribution is 2.34. The van der Waals surface area contributed by atoms with E-state index in [-0.39, 0.29) is 35.2 Å². The summed E-state index contributed by atoms with van der Waals surface area (Å²) in [6.07, 6.45) is 1.77. The predicted octanol–water partition coefficient (Wildman–Crippen LogP) is 4.65. The summed E-state index contributed by atoms with van der Waals surface area (Å²) in [4.78, 5) is 4.77. The molecule has 2 N–H and O–H groups in total. The van der Waals surface area contributed by atoms with Crippen LogP contribution in [0.4, 0.5) is 4.39 Å². The molecule has 170 valence electrons. The maximum absolute atomic E-state index is 13.5. The summed E-state index contributed by atoms with van der Waals surface area (Å²) in [6.45, 7) is 8.07. The molecule has 1 fully saturated rings. The SMILES string of the molecule is CCNC(=NCc1ccccc1OCC)NCC1(c2ccc(F)cc2)CCOCC1.I. The van der Waals surface area contributed by atoms with Crippen LogP contribution in [0.2, 0.25) is 0 Å². The molecular formula is C24H33FIN3O2. The monoisotopic (exact) mass is 541 g/mol. The standard InChI is InChI=1S/C24H32FN3O2.HI/c1-3-26-23(27-17-19-7-5-6-8-22(19)30-4-2)28-18-24(13-15-29-16-14-24)20-9-11-21(25)12-10-20;/h5-12H,3-4,13-18H2,1-2H3,(H2,26,27,28);1H. The van der Waals surface area contributed by atoms with E-state index in [1.54, 1.807) is 0 Å². The van der Waals surface area contributed by atoms with Crippen LogP contribution < -0.4 is 15.4 Å². The van der Waals surface area contributed by atoms with Crippen LogP contribution in [0.25, 0.3) is 0 Å². The van der Waals surface area contributed by atoms with Crippen molar-refractivity contribution in [2.75, 3.05) is 32.9 Å². The summed E-state index contributed by atoms with van der Waals surface area (Å²) in [5.41, 5.74) is 2.08. The number of para-hydroxylation sites is 1. The lowest BCUT2D eigenvalue weighted by atomic mass is 9.74. The molecule has 0 aliphatic carbocycles. The Balaban J connectivity index is 0.00000341. The van der Waals surface area contributed by atoms with Crippen LogP contribution >= 0.6 is 24.0 Å². The molecule has 3 rings (SSSR count). The molecular weight excluding hydrogens is 508 g/mol. The predicted molar refractivity (Wildman–Crippen MR) is 134 cm³/mol. The summed E-state index contributed by atoms with van der Waals surface area (Å²) in [5, 5.41) is 6.84. The summed E-state index contributed by atoms with van der Waals surface area (Å²) in [7, 11) is 0. The van der Waals surface area contributed by atoms with Crippen molar-refractivity contribution in [2.45, 2.75) is 38.6 Å². The van der Waals surface area contributed by atoms with Gasteiger partial charge in [0.25, 0.3) is 0 Å². The zero-order chi connectivity index (χ0) is 21.2. The Labute approximate surface area is 201 Å². The van der Waals surface area contributed by atoms with Crippen LogP contribution in [0.15, 0.2) is 53.5 Å². The first-order valence-corrected chi connectivity index (χ1v) is 10.7. The van der Waals surface area contributed by atoms with Gasteiger partial charge in [0.2, 0.25) is 0 Å². The zero-order valence-electron chi connectivity index (χ0n) is 18.3. The molecule has 0 unspecified atom stereocenters. The van der Waals surface area contributed by atoms with Gasteiger partial charge in [-0.15, -0.1) is 24.0 Å². The average Bonchev–Trinajstić information content (AvgIpc) is 2.78. The number of aliphatic imine (C=N–C) groups is 1. The van der Waals surface area contributed by atoms with Crippen molar-refractivity contribution < 1.29 is 13.9 Å². The molecule has 1 aliphatic rings. The molecule has 1 aliphatic heterocycles. The highest BCUT2D eigenvalue weighted by Gasteiger charge is 2.34. The number of hydrogen-bond acceptors (Lipinski definition) is 3. The summed E-state index contributed by atoms with van der Waals surface area (Å²) >= 11 is 0. The minimum absolute atomic E-state index is 0. The van der Waals surface area contributed by atoms with Crippen LogP contribution in [-0.4, -0.2) is 38.9 Å². The Morgan fingerprint density at radius 2 is 1.77 bits per heavy atom. The van der Waals surface area contributed by atoms with Gasteiger partial charge in [-0.25, -0.2) is 9.38 Å². The van der Waals surface area contributed by atoms with Crippen molar-refractivity contribution in [3.05, 3.63) is 65.5 Å². The number of benzene rings is 2. The third-order valence-corrected chi connectivity index (χ3v) is 5.52. The summed E-state index contributed by atoms with van der Waals surface area (Å²) < 4.78 is 24.8. The van der Waals surface area contributed by atoms with Crippen molar-refractivity contribution in [3.63, 3.8) is 0 Å². The van der Waals surface area contributed by atoms with E-state index < -0.39 is 0 Å². The molecule has 1 saturated heterocycles. The summed E-state index contributed by atoms with van der Waals surface area (Å²) in [6, 6.07) is 14.8. The van der Waals surface area contributed by atoms with Gasteiger partial charge in [-0.3, -0.25) is 0 Å². The lowest BCUT2D eigenvalue weighted by molar-refractivity contribution is 0.0513. The highest BCUT2D eigenvalue weighted by molar-refractivity contribution is 14.0. The molecule has 0 atom stereocenters. The summed E-state index contributed by atoms with van der Waals surface area (Å²) in [5.74, 6) is 1.42. The Bertz CT molecular complexity index is 824. The van der Waals surface area contributed by atoms with Crippen molar-refractivity contribution in [2.24, 2.45) is 4.99 Å². The first kappa shape index (κ1) is 25.4. The Kier molecular flexibility index (Phi) is 10.5. The fourth-order valence-corrected chi connectivity index (χ4v) is 3.82. The molecule has 0 radical (unpaired) electrons. The van der Waals surface area contributed by atoms with Gasteiger partial charge >= 0.3 is 0 Å². The first-order valence-electron chi connectivity index (χ1n) is 10.7. The first-order chi connectivity index (χ1) is 14.7. The van der Waals surface area contributed by atoms with Gasteiger partial charge in [-0.05, 0) is 50.5 Å². The third-order valence-electron chi connectivity index (χ3n) is 5.52. The zero-order valence-corrected chi connectivity index (χ0v) is 20.7. The van der Waals surface area contributed by atoms with Crippen LogP contribution in [0, 0.1) is 5.82 Å². The average molecular weight is 541 g/mol. The van der Waals surface area contributed by atoms with E-state index in [0.717, 1.165) is 42.2 Å². The lowest BCUT2D eigenvalue weighted by Crippen LogP contribution is -2.48. The highest BCUT2D eigenvalue weighted by atomic mass is 127. The van der Waals surface area contributed by atoms with E-state index in [0.29, 0.717) is 32.9 Å². The largest absolute Gasteiger partial charge is 0.494 e. The molecule has 5 nitrogen and oxygen atoms in total. The van der Waals surface area contributed by atoms with E-state index in [1.807, 2.05) is 43.3 Å². The second kappa shape index (κ2) is 12.9. The van der Waals surface area contributed by atoms with Gasteiger partial charge in [-0.1, -0.05) is 30.3 Å². The van der Waals surface area contributed by atoms with Crippen molar-refractivity contribution in [1.82, 2.24) is 10.6 Å². The van der Waals surface area contributed by atoms with E-state index in [9.17, 15) is 4.39 Å². The minimum atomic E-state index is -0.211. The van der Waals surface area contributed by atoms with Crippen molar-refractivity contribution >= 4 is 29.9 Å². The Morgan fingerprint density at radius 1 is 1.06 bits per heavy atom. The van der Waals surface area contributed by atoms with Crippen LogP contribution in [0.3, 0.4) is 0 Å². The van der Waals surface area contributed by atoms with Crippen molar-refractivity contribution in [1.29, 1.82) is 0 Å². The molecule has 7 heteroatoms. The molecule has 1 heterocycles. The number of guanidine groups is 1. The van der Waals surface area contributed by atoms with E-state index in [2.05, 4.69) is 17.6 Å². The number of halogens is 2. The maximum atomic E-state index is 13.5. The fourth-order valence-electron chi connectivity index (χ4n) is 3.82. The number of ether oxygens (including phenoxy) is 2. The Hall–Kier alpha value is -1.87. The van der Waals surface area contributed by atoms with Crippen molar-refractivity contribution in [3.8, 4) is 5.75 Å². The molecule has 2 aromatic carbocycles. The van der Waals surface area contributed by atoms with E-state index in [4.69, 9.17) is 14.5 Å². The molecule has 0 bridgehead atoms. The van der Waals surface area contributed by atoms with Gasteiger partial charge in [0.1, 0.15) is 11.6 Å². The number of rotatable bonds is 8. The maximum Gasteiger partial charge on any atom is 0.191 e. The number of nitrogens with zero attached hydrogens (tertiary/aromatic N) is 1. The molecule has 0 aromatic heterocycles. The molecule has 2 aromatic rings. The normalized spacial score (nSPS) is 15.6. The van der Waals surface area contributed by atoms with Crippen LogP contribution in [0.5, 0.6) is 5.75 Å². The third kappa shape index (κ3) is 7.07. The lowest BCUT2D eigenvalue weighted by Gasteiger charge is -2.38. The topological polar surface area (TPSA) is 54.9 Å². The van der Waals surface area contributed by atoms with Gasteiger partial charge in [0.05, 0.1) is 13.2 Å². The minimum Gasteiger partial charge on any atom is -0.494 e. The van der Waals surface area contributed by atoms with E-state index >= 15 is 0 Å². The molecule has 0 saturated carbocycles. The quantitative estimate of drug-likeness (QED) is 0.291. The number of hydrogen-bond donors (Lipinski definition) is 2. The molecule has 0 spiro atoms. The molecule has 0 amide bonds. The van der Waals surface area contributed by atoms with Gasteiger partial charge in [-0.2, -0.15) is 0 Å². The van der Waals surface area contributed by atoms with Gasteiger partial charge in [0.15, 0.2) is 5.96 Å². The fraction of sp³-hybridized carbons (Fsp3) is 0.458. The van der Waals surface area contributed by atoms with E-state index in [1.165, 1.54) is 12.1 Å². The Morgan fingerprint density at radius 3 is 2.45 bits per heavy atom. The van der Waals surface area contributed by atoms with Gasteiger partial charge in [0, 0.05) is 37.3 Å². The smallest absolute Gasteiger partial charge is 0.191 e. The van der Waals surface area contributed by atoms with Gasteiger partial charge < -0.3 is 20.1 Å². The second-order valence-electron chi connectivity index (χ2n) is 7.49. The molecule has 31 heavy (non-hydrogen) atoms. The second-order valence-corrected chi connectivity index (χ2v) is 7.49. The van der Waals surface area contributed by atoms with Crippen LogP contribution in [0.1, 0.15) is 37.8 Å². The van der Waals surface area contributed by atoms with Crippen LogP contribution in [-0.2, 0) is 16.7 Å². The number of nitrogens with one attached hydrogen (secondary N) is 2.